The van der Waals surface area contributed by atoms with Crippen LogP contribution in [-0.2, 0) is 67.2 Å². The van der Waals surface area contributed by atoms with E-state index in [1.165, 1.54) is 14.0 Å². The summed E-state index contributed by atoms with van der Waals surface area (Å²) in [5.74, 6) is -0.581. The van der Waals surface area contributed by atoms with Crippen molar-refractivity contribution in [2.45, 2.75) is 119 Å². The number of rotatable bonds is 18. The summed E-state index contributed by atoms with van der Waals surface area (Å²) in [6.07, 6.45) is -19.3. The number of carbonyl (C=O) groups is 1. The predicted molar refractivity (Wildman–Crippen MR) is 205 cm³/mol. The first-order chi connectivity index (χ1) is 28.6. The average molecular weight is 830 g/mol. The molecule has 17 heteroatoms. The molecule has 0 radical (unpaired) electrons. The third kappa shape index (κ3) is 11.5. The number of amides is 1. The minimum atomic E-state index is -1.83. The van der Waals surface area contributed by atoms with Gasteiger partial charge in [-0.2, -0.15) is 0 Å². The number of aliphatic hydroxyl groups is 6. The molecule has 3 aliphatic rings. The van der Waals surface area contributed by atoms with Crippen LogP contribution >= 0.6 is 0 Å². The second-order valence-corrected chi connectivity index (χ2v) is 14.6. The molecule has 0 spiro atoms. The highest BCUT2D eigenvalue weighted by Gasteiger charge is 2.55. The topological polar surface area (TPSA) is 234 Å². The number of ether oxygens (including phenoxy) is 9. The Morgan fingerprint density at radius 1 is 0.576 bits per heavy atom. The first kappa shape index (κ1) is 45.1. The molecule has 0 bridgehead atoms. The second kappa shape index (κ2) is 21.9. The van der Waals surface area contributed by atoms with E-state index in [4.69, 9.17) is 42.6 Å². The van der Waals surface area contributed by atoms with Crippen molar-refractivity contribution in [1.82, 2.24) is 5.32 Å². The minimum absolute atomic E-state index is 0.0248. The Hall–Kier alpha value is -3.47. The smallest absolute Gasteiger partial charge is 0.217 e. The Labute approximate surface area is 342 Å². The van der Waals surface area contributed by atoms with E-state index in [-0.39, 0.29) is 26.4 Å². The molecule has 3 aliphatic heterocycles. The van der Waals surface area contributed by atoms with E-state index in [1.54, 1.807) is 0 Å². The van der Waals surface area contributed by atoms with Crippen molar-refractivity contribution in [3.05, 3.63) is 108 Å². The molecule has 0 aromatic heterocycles. The maximum Gasteiger partial charge on any atom is 0.217 e. The van der Waals surface area contributed by atoms with Crippen LogP contribution in [0.25, 0.3) is 0 Å². The van der Waals surface area contributed by atoms with Crippen molar-refractivity contribution >= 4 is 5.91 Å². The second-order valence-electron chi connectivity index (χ2n) is 14.6. The van der Waals surface area contributed by atoms with Crippen molar-refractivity contribution in [1.29, 1.82) is 0 Å². The van der Waals surface area contributed by atoms with Gasteiger partial charge in [0.2, 0.25) is 5.91 Å². The van der Waals surface area contributed by atoms with Gasteiger partial charge in [-0.15, -0.1) is 0 Å². The molecule has 3 aromatic carbocycles. The molecule has 15 atom stereocenters. The average Bonchev–Trinajstić information content (AvgIpc) is 3.25. The van der Waals surface area contributed by atoms with Gasteiger partial charge in [-0.1, -0.05) is 91.0 Å². The van der Waals surface area contributed by atoms with Crippen LogP contribution in [0.5, 0.6) is 0 Å². The molecule has 0 saturated carbocycles. The van der Waals surface area contributed by atoms with Crippen molar-refractivity contribution < 1.29 is 78.1 Å². The molecule has 3 saturated heterocycles. The number of aliphatic hydroxyl groups excluding tert-OH is 6. The summed E-state index contributed by atoms with van der Waals surface area (Å²) in [6.45, 7) is 0.254. The lowest BCUT2D eigenvalue weighted by molar-refractivity contribution is -0.372. The summed E-state index contributed by atoms with van der Waals surface area (Å²) in [5.41, 5.74) is 2.62. The van der Waals surface area contributed by atoms with E-state index < -0.39 is 111 Å². The van der Waals surface area contributed by atoms with E-state index in [0.717, 1.165) is 16.7 Å². The van der Waals surface area contributed by atoms with Crippen molar-refractivity contribution in [3.8, 4) is 0 Å². The van der Waals surface area contributed by atoms with Crippen LogP contribution in [-0.4, -0.2) is 156 Å². The number of nitrogens with one attached hydrogen (secondary N) is 1. The van der Waals surface area contributed by atoms with Gasteiger partial charge in [0.15, 0.2) is 18.9 Å². The first-order valence-corrected chi connectivity index (χ1v) is 19.6. The lowest BCUT2D eigenvalue weighted by Gasteiger charge is -2.50. The molecule has 59 heavy (non-hydrogen) atoms. The quantitative estimate of drug-likeness (QED) is 0.0887. The van der Waals surface area contributed by atoms with E-state index in [2.05, 4.69) is 5.32 Å². The molecule has 1 amide bonds. The van der Waals surface area contributed by atoms with Gasteiger partial charge < -0.3 is 78.6 Å². The fourth-order valence-electron chi connectivity index (χ4n) is 7.36. The summed E-state index contributed by atoms with van der Waals surface area (Å²) in [7, 11) is 1.46. The van der Waals surface area contributed by atoms with Crippen molar-refractivity contribution in [2.75, 3.05) is 26.9 Å². The first-order valence-electron chi connectivity index (χ1n) is 19.6. The van der Waals surface area contributed by atoms with E-state index in [9.17, 15) is 35.4 Å². The summed E-state index contributed by atoms with van der Waals surface area (Å²) in [5, 5.41) is 66.3. The Kier molecular flexibility index (Phi) is 16.7. The standard InChI is InChI=1S/C42H55NO16/c1-24(46)43-31-33(48)36(58-41-35(50)34(49)32(47)28(18-44)55-41)29(19-45)56-40(31)59-38-37(53-21-26-14-8-4-9-15-26)30(23-52-20-25-12-6-3-7-13-25)57-42(51-2)39(38)54-22-27-16-10-5-11-17-27/h3-17,28-42,44-45,47-50H,18-23H2,1-2H3,(H,43,46)/t28-,29-,30-,31-,32+,33-,34+,35-,36-,37+,38+,39-,40+,41+,42-/m1/s1. The summed E-state index contributed by atoms with van der Waals surface area (Å²) >= 11 is 0. The van der Waals surface area contributed by atoms with Crippen LogP contribution in [0.1, 0.15) is 23.6 Å². The summed E-state index contributed by atoms with van der Waals surface area (Å²) in [6, 6.07) is 27.0. The van der Waals surface area contributed by atoms with Crippen LogP contribution in [0.15, 0.2) is 91.0 Å². The molecule has 3 aromatic rings. The fourth-order valence-corrected chi connectivity index (χ4v) is 7.36. The molecule has 0 aliphatic carbocycles. The van der Waals surface area contributed by atoms with Crippen LogP contribution in [0.4, 0.5) is 0 Å². The van der Waals surface area contributed by atoms with Gasteiger partial charge in [-0.05, 0) is 16.7 Å². The van der Waals surface area contributed by atoms with Gasteiger partial charge in [0.1, 0.15) is 73.2 Å². The lowest BCUT2D eigenvalue weighted by atomic mass is 9.94. The van der Waals surface area contributed by atoms with Gasteiger partial charge >= 0.3 is 0 Å². The Balaban J connectivity index is 1.32. The summed E-state index contributed by atoms with van der Waals surface area (Å²) < 4.78 is 56.2. The molecule has 6 rings (SSSR count). The van der Waals surface area contributed by atoms with Gasteiger partial charge in [0.25, 0.3) is 0 Å². The molecule has 3 heterocycles. The molecule has 7 N–H and O–H groups in total. The highest BCUT2D eigenvalue weighted by atomic mass is 16.8. The van der Waals surface area contributed by atoms with Gasteiger partial charge in [-0.3, -0.25) is 4.79 Å². The van der Waals surface area contributed by atoms with Gasteiger partial charge in [0, 0.05) is 14.0 Å². The maximum absolute atomic E-state index is 12.7. The SMILES string of the molecule is CO[C@@H]1O[C@H](COCc2ccccc2)[C@H](OCc2ccccc2)[C@H](O[C@@H]2O[C@H](CO)[C@@H](O[C@@H]3O[C@H](CO)[C@H](O)[C@H](O)[C@H]3O)[C@H](O)[C@H]2NC(C)=O)[C@H]1OCc1ccccc1. The number of carbonyl (C=O) groups excluding carboxylic acids is 1. The zero-order valence-corrected chi connectivity index (χ0v) is 32.8. The lowest BCUT2D eigenvalue weighted by Crippen LogP contribution is -2.69. The Morgan fingerprint density at radius 3 is 1.63 bits per heavy atom. The Morgan fingerprint density at radius 2 is 1.08 bits per heavy atom. The van der Waals surface area contributed by atoms with Crippen molar-refractivity contribution in [3.63, 3.8) is 0 Å². The van der Waals surface area contributed by atoms with E-state index >= 15 is 0 Å². The maximum atomic E-state index is 12.7. The molecular formula is C42H55NO16. The van der Waals surface area contributed by atoms with Crippen LogP contribution < -0.4 is 5.32 Å². The molecular weight excluding hydrogens is 774 g/mol. The van der Waals surface area contributed by atoms with Crippen molar-refractivity contribution in [2.24, 2.45) is 0 Å². The van der Waals surface area contributed by atoms with Crippen LogP contribution in [0, 0.1) is 0 Å². The zero-order chi connectivity index (χ0) is 41.9. The Bertz CT molecular complexity index is 1680. The van der Waals surface area contributed by atoms with E-state index in [1.807, 2.05) is 91.0 Å². The van der Waals surface area contributed by atoms with Crippen LogP contribution in [0.2, 0.25) is 0 Å². The molecule has 3 fully saturated rings. The molecule has 0 unspecified atom stereocenters. The third-order valence-electron chi connectivity index (χ3n) is 10.4. The van der Waals surface area contributed by atoms with E-state index in [0.29, 0.717) is 0 Å². The van der Waals surface area contributed by atoms with Gasteiger partial charge in [-0.25, -0.2) is 0 Å². The minimum Gasteiger partial charge on any atom is -0.394 e. The number of hydrogen-bond acceptors (Lipinski definition) is 16. The number of benzene rings is 3. The monoisotopic (exact) mass is 829 g/mol. The van der Waals surface area contributed by atoms with Gasteiger partial charge in [0.05, 0.1) is 39.6 Å². The highest BCUT2D eigenvalue weighted by molar-refractivity contribution is 5.73. The summed E-state index contributed by atoms with van der Waals surface area (Å²) in [4.78, 5) is 12.7. The number of methoxy groups -OCH3 is 1. The predicted octanol–water partition coefficient (Wildman–Crippen LogP) is -0.102. The molecule has 324 valence electrons. The highest BCUT2D eigenvalue weighted by Crippen LogP contribution is 2.35. The largest absolute Gasteiger partial charge is 0.394 e. The zero-order valence-electron chi connectivity index (χ0n) is 32.8. The number of hydrogen-bond donors (Lipinski definition) is 7. The molecule has 17 nitrogen and oxygen atoms in total. The normalized spacial score (nSPS) is 34.9. The fraction of sp³-hybridized carbons (Fsp3) is 0.548. The van der Waals surface area contributed by atoms with Crippen LogP contribution in [0.3, 0.4) is 0 Å². The third-order valence-corrected chi connectivity index (χ3v) is 10.4.